The van der Waals surface area contributed by atoms with Crippen LogP contribution in [0.2, 0.25) is 0 Å². The predicted molar refractivity (Wildman–Crippen MR) is 124 cm³/mol. The maximum absolute atomic E-state index is 13.3. The molecule has 0 radical (unpaired) electrons. The molecule has 1 aliphatic heterocycles. The van der Waals surface area contributed by atoms with Gasteiger partial charge in [-0.1, -0.05) is 48.6 Å². The fourth-order valence-corrected chi connectivity index (χ4v) is 4.47. The monoisotopic (exact) mass is 419 g/mol. The van der Waals surface area contributed by atoms with Crippen molar-refractivity contribution in [1.29, 1.82) is 0 Å². The Balaban J connectivity index is 1.61. The fraction of sp³-hybridized carbons (Fsp3) is 0.444. The molecular formula is C27H33NO3. The van der Waals surface area contributed by atoms with Crippen LogP contribution < -0.4 is 4.74 Å². The number of aryl methyl sites for hydroxylation is 2. The van der Waals surface area contributed by atoms with E-state index in [0.29, 0.717) is 6.54 Å². The third-order valence-electron chi connectivity index (χ3n) is 6.04. The molecule has 1 aliphatic carbocycles. The van der Waals surface area contributed by atoms with Crippen LogP contribution in [-0.4, -0.2) is 29.2 Å². The van der Waals surface area contributed by atoms with E-state index in [0.717, 1.165) is 37.0 Å². The van der Waals surface area contributed by atoms with Gasteiger partial charge in [0.25, 0.3) is 0 Å². The number of hydrogen-bond acceptors (Lipinski definition) is 3. The van der Waals surface area contributed by atoms with Crippen molar-refractivity contribution in [2.45, 2.75) is 71.1 Å². The van der Waals surface area contributed by atoms with E-state index >= 15 is 0 Å². The molecule has 164 valence electrons. The Hall–Kier alpha value is -2.75. The summed E-state index contributed by atoms with van der Waals surface area (Å²) in [4.78, 5) is 15.1. The summed E-state index contributed by atoms with van der Waals surface area (Å²) in [6.07, 6.45) is 8.02. The summed E-state index contributed by atoms with van der Waals surface area (Å²) in [5, 5.41) is 0. The lowest BCUT2D eigenvalue weighted by atomic mass is 9.90. The molecule has 2 aromatic rings. The van der Waals surface area contributed by atoms with Crippen molar-refractivity contribution in [3.63, 3.8) is 0 Å². The number of benzene rings is 2. The molecule has 0 saturated heterocycles. The second kappa shape index (κ2) is 8.78. The van der Waals surface area contributed by atoms with E-state index < -0.39 is 5.60 Å². The number of ether oxygens (including phenoxy) is 2. The van der Waals surface area contributed by atoms with Crippen LogP contribution in [0.1, 0.15) is 68.8 Å². The summed E-state index contributed by atoms with van der Waals surface area (Å²) >= 11 is 0. The number of fused-ring (bicyclic) bond motifs is 2. The molecule has 0 saturated carbocycles. The molecule has 2 aromatic carbocycles. The Bertz CT molecular complexity index is 973. The number of rotatable bonds is 4. The quantitative estimate of drug-likeness (QED) is 0.580. The molecule has 0 aromatic heterocycles. The summed E-state index contributed by atoms with van der Waals surface area (Å²) in [6.45, 7) is 8.33. The minimum absolute atomic E-state index is 0.0556. The summed E-state index contributed by atoms with van der Waals surface area (Å²) in [5.41, 5.74) is 4.43. The van der Waals surface area contributed by atoms with Crippen LogP contribution >= 0.6 is 0 Å². The van der Waals surface area contributed by atoms with Crippen LogP contribution in [0.15, 0.2) is 48.5 Å². The molecule has 1 amide bonds. The Labute approximate surface area is 185 Å². The standard InChI is InChI=1S/C27H33NO3/c1-19(23-14-9-12-20-10-5-7-13-24(20)23)28(26(29)31-27(2,3)4)18-22-17-16-21-11-6-8-15-25(21)30-22/h6-9,11-15,19,22H,5,10,16-18H2,1-4H3/t19-,22-/m1/s1. The normalized spacial score (nSPS) is 18.4. The SMILES string of the molecule is C[C@H](c1cccc2c1C=CCC2)N(C[C@H]1CCc2ccccc2O1)C(=O)OC(C)(C)C. The zero-order valence-corrected chi connectivity index (χ0v) is 19.1. The lowest BCUT2D eigenvalue weighted by Crippen LogP contribution is -2.44. The van der Waals surface area contributed by atoms with Gasteiger partial charge in [0.05, 0.1) is 12.6 Å². The van der Waals surface area contributed by atoms with Gasteiger partial charge in [0.1, 0.15) is 17.5 Å². The number of para-hydroxylation sites is 1. The predicted octanol–water partition coefficient (Wildman–Crippen LogP) is 6.34. The number of carbonyl (C=O) groups excluding carboxylic acids is 1. The highest BCUT2D eigenvalue weighted by molar-refractivity contribution is 5.70. The van der Waals surface area contributed by atoms with E-state index in [4.69, 9.17) is 9.47 Å². The Kier molecular flexibility index (Phi) is 6.08. The number of allylic oxidation sites excluding steroid dienone is 1. The zero-order chi connectivity index (χ0) is 22.0. The Morgan fingerprint density at radius 1 is 1.13 bits per heavy atom. The van der Waals surface area contributed by atoms with Gasteiger partial charge in [0, 0.05) is 0 Å². The smallest absolute Gasteiger partial charge is 0.410 e. The molecule has 4 heteroatoms. The average Bonchev–Trinajstić information content (AvgIpc) is 2.75. The van der Waals surface area contributed by atoms with Gasteiger partial charge in [0.2, 0.25) is 0 Å². The van der Waals surface area contributed by atoms with Crippen LogP contribution in [0, 0.1) is 0 Å². The summed E-state index contributed by atoms with van der Waals surface area (Å²) in [5.74, 6) is 0.926. The van der Waals surface area contributed by atoms with Crippen LogP contribution in [0.4, 0.5) is 4.79 Å². The molecule has 2 atom stereocenters. The lowest BCUT2D eigenvalue weighted by Gasteiger charge is -2.36. The van der Waals surface area contributed by atoms with Gasteiger partial charge in [0.15, 0.2) is 0 Å². The van der Waals surface area contributed by atoms with Crippen molar-refractivity contribution in [2.75, 3.05) is 6.54 Å². The minimum Gasteiger partial charge on any atom is -0.488 e. The lowest BCUT2D eigenvalue weighted by molar-refractivity contribution is 0.00613. The summed E-state index contributed by atoms with van der Waals surface area (Å²) in [6, 6.07) is 14.5. The molecule has 1 heterocycles. The molecule has 0 bridgehead atoms. The van der Waals surface area contributed by atoms with E-state index in [9.17, 15) is 4.79 Å². The molecule has 0 spiro atoms. The van der Waals surface area contributed by atoms with Crippen LogP contribution in [0.25, 0.3) is 6.08 Å². The van der Waals surface area contributed by atoms with Crippen molar-refractivity contribution in [3.8, 4) is 5.75 Å². The van der Waals surface area contributed by atoms with Crippen LogP contribution in [0.3, 0.4) is 0 Å². The first-order valence-electron chi connectivity index (χ1n) is 11.3. The highest BCUT2D eigenvalue weighted by Crippen LogP contribution is 2.33. The number of carbonyl (C=O) groups is 1. The van der Waals surface area contributed by atoms with Crippen molar-refractivity contribution in [3.05, 3.63) is 70.8 Å². The minimum atomic E-state index is -0.551. The zero-order valence-electron chi connectivity index (χ0n) is 19.1. The van der Waals surface area contributed by atoms with E-state index in [1.165, 1.54) is 16.7 Å². The second-order valence-corrected chi connectivity index (χ2v) is 9.56. The van der Waals surface area contributed by atoms with Crippen molar-refractivity contribution in [2.24, 2.45) is 0 Å². The van der Waals surface area contributed by atoms with Crippen molar-refractivity contribution in [1.82, 2.24) is 4.90 Å². The van der Waals surface area contributed by atoms with Gasteiger partial charge in [-0.3, -0.25) is 4.90 Å². The molecule has 4 rings (SSSR count). The number of amides is 1. The molecule has 0 N–H and O–H groups in total. The topological polar surface area (TPSA) is 38.8 Å². The number of hydrogen-bond donors (Lipinski definition) is 0. The highest BCUT2D eigenvalue weighted by Gasteiger charge is 2.32. The fourth-order valence-electron chi connectivity index (χ4n) is 4.47. The Morgan fingerprint density at radius 3 is 2.71 bits per heavy atom. The molecule has 0 fully saturated rings. The van der Waals surface area contributed by atoms with Gasteiger partial charge in [-0.2, -0.15) is 0 Å². The van der Waals surface area contributed by atoms with Crippen LogP contribution in [0.5, 0.6) is 5.75 Å². The molecule has 0 unspecified atom stereocenters. The van der Waals surface area contributed by atoms with Gasteiger partial charge in [-0.25, -0.2) is 4.79 Å². The highest BCUT2D eigenvalue weighted by atomic mass is 16.6. The molecular weight excluding hydrogens is 386 g/mol. The van der Waals surface area contributed by atoms with E-state index in [-0.39, 0.29) is 18.2 Å². The van der Waals surface area contributed by atoms with Crippen LogP contribution in [-0.2, 0) is 17.6 Å². The molecule has 31 heavy (non-hydrogen) atoms. The second-order valence-electron chi connectivity index (χ2n) is 9.56. The first-order valence-corrected chi connectivity index (χ1v) is 11.3. The average molecular weight is 420 g/mol. The largest absolute Gasteiger partial charge is 0.488 e. The van der Waals surface area contributed by atoms with E-state index in [1.807, 2.05) is 43.9 Å². The van der Waals surface area contributed by atoms with E-state index in [1.54, 1.807) is 0 Å². The number of nitrogens with zero attached hydrogens (tertiary/aromatic N) is 1. The third-order valence-corrected chi connectivity index (χ3v) is 6.04. The van der Waals surface area contributed by atoms with Gasteiger partial charge < -0.3 is 9.47 Å². The van der Waals surface area contributed by atoms with Crippen molar-refractivity contribution < 1.29 is 14.3 Å². The van der Waals surface area contributed by atoms with Crippen molar-refractivity contribution >= 4 is 12.2 Å². The van der Waals surface area contributed by atoms with Gasteiger partial charge in [-0.15, -0.1) is 0 Å². The van der Waals surface area contributed by atoms with Gasteiger partial charge >= 0.3 is 6.09 Å². The van der Waals surface area contributed by atoms with Gasteiger partial charge in [-0.05, 0) is 81.7 Å². The molecule has 4 nitrogen and oxygen atoms in total. The first kappa shape index (κ1) is 21.5. The maximum atomic E-state index is 13.3. The van der Waals surface area contributed by atoms with E-state index in [2.05, 4.69) is 43.3 Å². The maximum Gasteiger partial charge on any atom is 0.410 e. The summed E-state index contributed by atoms with van der Waals surface area (Å²) < 4.78 is 12.1. The first-order chi connectivity index (χ1) is 14.8. The molecule has 2 aliphatic rings. The third kappa shape index (κ3) is 4.95. The Morgan fingerprint density at radius 2 is 1.90 bits per heavy atom. The summed E-state index contributed by atoms with van der Waals surface area (Å²) in [7, 11) is 0.